The van der Waals surface area contributed by atoms with E-state index in [4.69, 9.17) is 10.5 Å². The number of piperidine rings is 1. The lowest BCUT2D eigenvalue weighted by atomic mass is 9.82. The summed E-state index contributed by atoms with van der Waals surface area (Å²) in [5, 5.41) is 7.34. The number of nitrogens with two attached hydrogens (primary N) is 1. The fraction of sp³-hybridized carbons (Fsp3) is 0.857. The Kier molecular flexibility index (Phi) is 5.37. The molecule has 1 aromatic rings. The molecule has 0 aliphatic carbocycles. The van der Waals surface area contributed by atoms with Crippen LogP contribution in [-0.2, 0) is 11.2 Å². The molecule has 0 bridgehead atoms. The van der Waals surface area contributed by atoms with Gasteiger partial charge in [-0.25, -0.2) is 0 Å². The molecule has 2 rings (SSSR count). The fourth-order valence-electron chi connectivity index (χ4n) is 2.61. The highest BCUT2D eigenvalue weighted by molar-refractivity contribution is 5.30. The Morgan fingerprint density at radius 2 is 2.30 bits per heavy atom. The second-order valence-electron chi connectivity index (χ2n) is 5.98. The maximum absolute atomic E-state index is 5.89. The first-order valence-corrected chi connectivity index (χ1v) is 7.61. The number of aromatic amines is 1. The Bertz CT molecular complexity index is 408. The molecule has 0 saturated carbocycles. The van der Waals surface area contributed by atoms with Crippen LogP contribution in [0.2, 0.25) is 0 Å². The molecule has 3 N–H and O–H groups in total. The average molecular weight is 281 g/mol. The van der Waals surface area contributed by atoms with E-state index >= 15 is 0 Å². The Balaban J connectivity index is 1.88. The van der Waals surface area contributed by atoms with E-state index in [1.54, 1.807) is 0 Å². The molecule has 2 heterocycles. The van der Waals surface area contributed by atoms with Crippen molar-refractivity contribution < 1.29 is 4.74 Å². The highest BCUT2D eigenvalue weighted by Crippen LogP contribution is 2.29. The third-order valence-electron chi connectivity index (χ3n) is 3.91. The monoisotopic (exact) mass is 281 g/mol. The first kappa shape index (κ1) is 15.3. The van der Waals surface area contributed by atoms with Crippen LogP contribution in [0.5, 0.6) is 0 Å². The van der Waals surface area contributed by atoms with Crippen molar-refractivity contribution in [2.45, 2.75) is 39.5 Å². The summed E-state index contributed by atoms with van der Waals surface area (Å²) in [5.41, 5.74) is 6.07. The second-order valence-corrected chi connectivity index (χ2v) is 5.98. The van der Waals surface area contributed by atoms with Gasteiger partial charge in [0.2, 0.25) is 5.95 Å². The van der Waals surface area contributed by atoms with Gasteiger partial charge < -0.3 is 15.4 Å². The summed E-state index contributed by atoms with van der Waals surface area (Å²) in [5.74, 6) is 1.70. The van der Waals surface area contributed by atoms with E-state index in [1.165, 1.54) is 6.42 Å². The molecule has 1 aliphatic rings. The van der Waals surface area contributed by atoms with Crippen LogP contribution in [0.4, 0.5) is 5.95 Å². The van der Waals surface area contributed by atoms with Crippen molar-refractivity contribution in [3.63, 3.8) is 0 Å². The number of aromatic nitrogens is 3. The van der Waals surface area contributed by atoms with Crippen LogP contribution >= 0.6 is 0 Å². The first-order valence-electron chi connectivity index (χ1n) is 7.61. The number of hydrogen-bond acceptors (Lipinski definition) is 5. The van der Waals surface area contributed by atoms with Gasteiger partial charge in [0, 0.05) is 26.1 Å². The molecule has 0 radical (unpaired) electrons. The Labute approximate surface area is 121 Å². The summed E-state index contributed by atoms with van der Waals surface area (Å²) in [4.78, 5) is 6.81. The molecule has 6 heteroatoms. The van der Waals surface area contributed by atoms with Crippen LogP contribution in [0.1, 0.15) is 38.9 Å². The fourth-order valence-corrected chi connectivity index (χ4v) is 2.61. The summed E-state index contributed by atoms with van der Waals surface area (Å²) < 4.78 is 5.47. The molecular formula is C14H27N5O. The van der Waals surface area contributed by atoms with Gasteiger partial charge in [0.25, 0.3) is 0 Å². The van der Waals surface area contributed by atoms with Crippen molar-refractivity contribution in [3.05, 3.63) is 5.82 Å². The zero-order valence-electron chi connectivity index (χ0n) is 12.7. The van der Waals surface area contributed by atoms with E-state index in [9.17, 15) is 0 Å². The predicted octanol–water partition coefficient (Wildman–Crippen LogP) is 1.34. The Hall–Kier alpha value is -1.14. The Morgan fingerprint density at radius 3 is 3.05 bits per heavy atom. The molecule has 1 atom stereocenters. The third-order valence-corrected chi connectivity index (χ3v) is 3.91. The highest BCUT2D eigenvalue weighted by Gasteiger charge is 2.31. The maximum atomic E-state index is 5.89. The van der Waals surface area contributed by atoms with Crippen LogP contribution in [0.3, 0.4) is 0 Å². The zero-order valence-corrected chi connectivity index (χ0v) is 12.7. The third kappa shape index (κ3) is 3.93. The lowest BCUT2D eigenvalue weighted by Gasteiger charge is -2.39. The molecule has 0 aromatic carbocycles. The molecular weight excluding hydrogens is 254 g/mol. The van der Waals surface area contributed by atoms with Gasteiger partial charge in [-0.2, -0.15) is 4.98 Å². The lowest BCUT2D eigenvalue weighted by molar-refractivity contribution is 0.136. The zero-order chi connectivity index (χ0) is 14.4. The van der Waals surface area contributed by atoms with Crippen molar-refractivity contribution in [2.75, 3.05) is 37.7 Å². The molecule has 114 valence electrons. The quantitative estimate of drug-likeness (QED) is 0.737. The van der Waals surface area contributed by atoms with Crippen molar-refractivity contribution in [1.29, 1.82) is 0 Å². The number of ether oxygens (including phenoxy) is 1. The average Bonchev–Trinajstić information content (AvgIpc) is 2.93. The lowest BCUT2D eigenvalue weighted by Crippen LogP contribution is -2.46. The van der Waals surface area contributed by atoms with Crippen molar-refractivity contribution in [2.24, 2.45) is 11.1 Å². The minimum atomic E-state index is 0.184. The SMILES string of the molecule is CCCOCCc1nc(N2CCCC(C)(CN)C2)n[nH]1. The van der Waals surface area contributed by atoms with Crippen molar-refractivity contribution >= 4 is 5.95 Å². The topological polar surface area (TPSA) is 80.1 Å². The summed E-state index contributed by atoms with van der Waals surface area (Å²) in [6.45, 7) is 8.52. The van der Waals surface area contributed by atoms with Crippen molar-refractivity contribution in [1.82, 2.24) is 15.2 Å². The van der Waals surface area contributed by atoms with E-state index in [0.717, 1.165) is 50.7 Å². The number of nitrogens with zero attached hydrogens (tertiary/aromatic N) is 3. The van der Waals surface area contributed by atoms with Gasteiger partial charge in [-0.05, 0) is 31.2 Å². The van der Waals surface area contributed by atoms with Crippen LogP contribution in [0, 0.1) is 5.41 Å². The van der Waals surface area contributed by atoms with Crippen LogP contribution < -0.4 is 10.6 Å². The molecule has 1 aliphatic heterocycles. The van der Waals surface area contributed by atoms with E-state index in [-0.39, 0.29) is 5.41 Å². The van der Waals surface area contributed by atoms with Gasteiger partial charge in [-0.3, -0.25) is 5.10 Å². The standard InChI is InChI=1S/C14H27N5O/c1-3-8-20-9-5-12-16-13(18-17-12)19-7-4-6-14(2,10-15)11-19/h3-11,15H2,1-2H3,(H,16,17,18). The number of rotatable bonds is 7. The van der Waals surface area contributed by atoms with Gasteiger partial charge >= 0.3 is 0 Å². The normalized spacial score (nSPS) is 23.2. The van der Waals surface area contributed by atoms with Gasteiger partial charge in [-0.1, -0.05) is 13.8 Å². The molecule has 1 aromatic heterocycles. The summed E-state index contributed by atoms with van der Waals surface area (Å²) >= 11 is 0. The molecule has 1 saturated heterocycles. The predicted molar refractivity (Wildman–Crippen MR) is 79.8 cm³/mol. The summed E-state index contributed by atoms with van der Waals surface area (Å²) in [6, 6.07) is 0. The van der Waals surface area contributed by atoms with Crippen LogP contribution in [-0.4, -0.2) is 48.0 Å². The first-order chi connectivity index (χ1) is 9.67. The number of H-pyrrole nitrogens is 1. The number of anilines is 1. The molecule has 1 fully saturated rings. The Morgan fingerprint density at radius 1 is 1.45 bits per heavy atom. The minimum absolute atomic E-state index is 0.184. The molecule has 20 heavy (non-hydrogen) atoms. The number of hydrogen-bond donors (Lipinski definition) is 2. The number of nitrogens with one attached hydrogen (secondary N) is 1. The molecule has 0 amide bonds. The van der Waals surface area contributed by atoms with E-state index in [0.29, 0.717) is 13.2 Å². The minimum Gasteiger partial charge on any atom is -0.381 e. The molecule has 6 nitrogen and oxygen atoms in total. The van der Waals surface area contributed by atoms with Crippen LogP contribution in [0.25, 0.3) is 0 Å². The summed E-state index contributed by atoms with van der Waals surface area (Å²) in [7, 11) is 0. The van der Waals surface area contributed by atoms with Gasteiger partial charge in [-0.15, -0.1) is 5.10 Å². The second kappa shape index (κ2) is 7.04. The van der Waals surface area contributed by atoms with Crippen LogP contribution in [0.15, 0.2) is 0 Å². The maximum Gasteiger partial charge on any atom is 0.244 e. The van der Waals surface area contributed by atoms with E-state index in [2.05, 4.69) is 33.9 Å². The summed E-state index contributed by atoms with van der Waals surface area (Å²) in [6.07, 6.45) is 4.17. The molecule has 1 unspecified atom stereocenters. The largest absolute Gasteiger partial charge is 0.381 e. The van der Waals surface area contributed by atoms with Gasteiger partial charge in [0.15, 0.2) is 0 Å². The smallest absolute Gasteiger partial charge is 0.244 e. The van der Waals surface area contributed by atoms with E-state index in [1.807, 2.05) is 0 Å². The molecule has 0 spiro atoms. The van der Waals surface area contributed by atoms with Gasteiger partial charge in [0.1, 0.15) is 5.82 Å². The van der Waals surface area contributed by atoms with Crippen molar-refractivity contribution in [3.8, 4) is 0 Å². The highest BCUT2D eigenvalue weighted by atomic mass is 16.5. The van der Waals surface area contributed by atoms with E-state index < -0.39 is 0 Å². The van der Waals surface area contributed by atoms with Gasteiger partial charge in [0.05, 0.1) is 6.61 Å².